The zero-order chi connectivity index (χ0) is 31.9. The minimum atomic E-state index is -0.167. The molecule has 4 atom stereocenters. The molecule has 2 saturated carbocycles. The van der Waals surface area contributed by atoms with Crippen molar-refractivity contribution in [2.75, 3.05) is 5.32 Å². The van der Waals surface area contributed by atoms with E-state index in [0.29, 0.717) is 11.2 Å². The van der Waals surface area contributed by atoms with E-state index in [1.54, 1.807) is 31.5 Å². The van der Waals surface area contributed by atoms with Crippen molar-refractivity contribution < 1.29 is 16.7 Å². The number of halogens is 1. The molecule has 0 aliphatic heterocycles. The Hall–Kier alpha value is -1.99. The number of nitrogens with one attached hydrogen (secondary N) is 1. The van der Waals surface area contributed by atoms with Gasteiger partial charge in [-0.15, -0.1) is 22.7 Å². The molecule has 0 spiro atoms. The van der Waals surface area contributed by atoms with Crippen LogP contribution in [-0.2, 0) is 25.7 Å². The average molecular weight is 678 g/mol. The third-order valence-electron chi connectivity index (χ3n) is 8.63. The van der Waals surface area contributed by atoms with Crippen LogP contribution in [0, 0.1) is 0 Å². The lowest BCUT2D eigenvalue weighted by molar-refractivity contribution is 0.120. The fourth-order valence-corrected chi connectivity index (χ4v) is 9.38. The molecule has 4 aliphatic carbocycles. The van der Waals surface area contributed by atoms with Crippen molar-refractivity contribution in [3.63, 3.8) is 0 Å². The predicted octanol–water partition coefficient (Wildman–Crippen LogP) is 6.61. The summed E-state index contributed by atoms with van der Waals surface area (Å²) in [6.07, 6.45) is 17.9. The average Bonchev–Trinajstić information content (AvgIpc) is 3.75. The molecular formula is C33H49ClN6O3S2. The summed E-state index contributed by atoms with van der Waals surface area (Å²) in [6, 6.07) is 0.604. The molecule has 0 amide bonds. The molecule has 4 heterocycles. The molecule has 4 aliphatic rings. The van der Waals surface area contributed by atoms with E-state index in [1.807, 2.05) is 11.3 Å². The van der Waals surface area contributed by atoms with Gasteiger partial charge in [0.25, 0.3) is 0 Å². The highest BCUT2D eigenvalue weighted by Crippen LogP contribution is 2.40. The van der Waals surface area contributed by atoms with E-state index in [0.717, 1.165) is 85.1 Å². The lowest BCUT2D eigenvalue weighted by atomic mass is 9.93. The smallest absolute Gasteiger partial charge is 0.141 e. The van der Waals surface area contributed by atoms with E-state index in [4.69, 9.17) is 27.5 Å². The molecule has 248 valence electrons. The van der Waals surface area contributed by atoms with Gasteiger partial charge < -0.3 is 26.4 Å². The van der Waals surface area contributed by atoms with Crippen LogP contribution in [0.25, 0.3) is 20.4 Å². The molecule has 12 heteroatoms. The van der Waals surface area contributed by atoms with Gasteiger partial charge in [-0.2, -0.15) is 0 Å². The van der Waals surface area contributed by atoms with Gasteiger partial charge in [0.15, 0.2) is 0 Å². The number of aromatic nitrogens is 4. The SMILES string of the molecule is CC(C)O.Clc1ncnc2sc3c(c12)CCC3.NC1CCCC(O)C1.OC1CCCC(Nc2ncnc3sc4c(c23)CCC4)C1.[2HH]. The van der Waals surface area contributed by atoms with E-state index < -0.39 is 0 Å². The van der Waals surface area contributed by atoms with Crippen molar-refractivity contribution >= 4 is 60.5 Å². The Morgan fingerprint density at radius 2 is 1.36 bits per heavy atom. The highest BCUT2D eigenvalue weighted by molar-refractivity contribution is 7.19. The number of hydrogen-bond acceptors (Lipinski definition) is 11. The normalized spacial score (nSPS) is 23.7. The molecule has 4 aromatic heterocycles. The van der Waals surface area contributed by atoms with Gasteiger partial charge in [-0.3, -0.25) is 0 Å². The van der Waals surface area contributed by atoms with E-state index in [-0.39, 0.29) is 25.8 Å². The summed E-state index contributed by atoms with van der Waals surface area (Å²) in [6.45, 7) is 3.44. The van der Waals surface area contributed by atoms with E-state index in [1.165, 1.54) is 58.3 Å². The molecule has 2 fully saturated rings. The molecule has 0 saturated heterocycles. The maximum Gasteiger partial charge on any atom is 0.141 e. The minimum absolute atomic E-state index is 0. The Labute approximate surface area is 280 Å². The molecule has 9 nitrogen and oxygen atoms in total. The molecule has 0 aromatic carbocycles. The van der Waals surface area contributed by atoms with E-state index in [9.17, 15) is 5.11 Å². The number of nitrogens with two attached hydrogens (primary N) is 1. The molecule has 4 unspecified atom stereocenters. The monoisotopic (exact) mass is 677 g/mol. The van der Waals surface area contributed by atoms with Crippen LogP contribution in [0.5, 0.6) is 0 Å². The second-order valence-electron chi connectivity index (χ2n) is 12.8. The Morgan fingerprint density at radius 1 is 0.800 bits per heavy atom. The van der Waals surface area contributed by atoms with Crippen molar-refractivity contribution in [2.45, 2.75) is 134 Å². The fourth-order valence-electron chi connectivity index (χ4n) is 6.62. The number of hydrogen-bond donors (Lipinski definition) is 5. The van der Waals surface area contributed by atoms with Gasteiger partial charge in [-0.1, -0.05) is 11.6 Å². The molecular weight excluding hydrogens is 628 g/mol. The first-order chi connectivity index (χ1) is 21.7. The van der Waals surface area contributed by atoms with Gasteiger partial charge in [0.05, 0.1) is 23.0 Å². The number of thiophene rings is 2. The number of aryl methyl sites for hydroxylation is 4. The highest BCUT2D eigenvalue weighted by Gasteiger charge is 2.25. The van der Waals surface area contributed by atoms with Crippen LogP contribution in [0.1, 0.15) is 100 Å². The van der Waals surface area contributed by atoms with Gasteiger partial charge in [-0.05, 0) is 115 Å². The minimum Gasteiger partial charge on any atom is -0.394 e. The van der Waals surface area contributed by atoms with Crippen LogP contribution in [-0.4, -0.2) is 65.7 Å². The van der Waals surface area contributed by atoms with Crippen LogP contribution in [0.2, 0.25) is 5.15 Å². The van der Waals surface area contributed by atoms with Crippen molar-refractivity contribution in [1.29, 1.82) is 0 Å². The van der Waals surface area contributed by atoms with Gasteiger partial charge >= 0.3 is 0 Å². The summed E-state index contributed by atoms with van der Waals surface area (Å²) in [5.41, 5.74) is 8.42. The largest absolute Gasteiger partial charge is 0.394 e. The van der Waals surface area contributed by atoms with Crippen molar-refractivity contribution in [3.8, 4) is 0 Å². The van der Waals surface area contributed by atoms with E-state index >= 15 is 0 Å². The summed E-state index contributed by atoms with van der Waals surface area (Å²) in [5, 5.41) is 33.4. The second-order valence-corrected chi connectivity index (χ2v) is 15.3. The Balaban J connectivity index is 0.000000159. The van der Waals surface area contributed by atoms with Crippen molar-refractivity contribution in [2.24, 2.45) is 5.73 Å². The first-order valence-electron chi connectivity index (χ1n) is 16.4. The van der Waals surface area contributed by atoms with Crippen LogP contribution in [0.4, 0.5) is 5.82 Å². The summed E-state index contributed by atoms with van der Waals surface area (Å²) in [5.74, 6) is 0.980. The quantitative estimate of drug-likeness (QED) is 0.148. The van der Waals surface area contributed by atoms with Crippen LogP contribution in [0.3, 0.4) is 0 Å². The topological polar surface area (TPSA) is 150 Å². The highest BCUT2D eigenvalue weighted by atomic mass is 35.5. The number of anilines is 1. The molecule has 6 N–H and O–H groups in total. The molecule has 0 bridgehead atoms. The number of aliphatic hydroxyl groups excluding tert-OH is 3. The van der Waals surface area contributed by atoms with Crippen molar-refractivity contribution in [3.05, 3.63) is 38.7 Å². The first-order valence-corrected chi connectivity index (χ1v) is 18.4. The molecule has 8 rings (SSSR count). The lowest BCUT2D eigenvalue weighted by Gasteiger charge is -2.27. The van der Waals surface area contributed by atoms with Crippen LogP contribution < -0.4 is 11.1 Å². The maximum atomic E-state index is 9.82. The lowest BCUT2D eigenvalue weighted by Crippen LogP contribution is -2.30. The zero-order valence-electron chi connectivity index (χ0n) is 26.3. The summed E-state index contributed by atoms with van der Waals surface area (Å²) in [4.78, 5) is 22.3. The van der Waals surface area contributed by atoms with Gasteiger partial charge in [0.2, 0.25) is 0 Å². The predicted molar refractivity (Wildman–Crippen MR) is 188 cm³/mol. The van der Waals surface area contributed by atoms with Crippen molar-refractivity contribution in [1.82, 2.24) is 19.9 Å². The van der Waals surface area contributed by atoms with Crippen LogP contribution >= 0.6 is 34.3 Å². The summed E-state index contributed by atoms with van der Waals surface area (Å²) >= 11 is 9.63. The van der Waals surface area contributed by atoms with Gasteiger partial charge in [0.1, 0.15) is 33.3 Å². The standard InChI is InChI=1S/C15H19N3OS.C9H7ClN2S.C6H13NO.C3H8O.H2/c19-10-4-1-3-9(7-10)18-14-13-11-5-2-6-12(11)20-15(13)17-8-16-14;10-8-7-5-2-1-3-6(5)13-9(7)12-4-11-8;7-5-2-1-3-6(8)4-5;1-3(2)4;/h8-10,19H,1-7H2,(H,16,17,18);4H,1-3H2;5-6,8H,1-4,7H2;3-4H,1-2H3;1H/i;;;;1+1. The number of rotatable bonds is 2. The number of aliphatic hydroxyl groups is 3. The fraction of sp³-hybridized carbons (Fsp3) is 0.636. The Morgan fingerprint density at radius 3 is 1.93 bits per heavy atom. The van der Waals surface area contributed by atoms with Gasteiger partial charge in [0, 0.05) is 29.4 Å². The van der Waals surface area contributed by atoms with E-state index in [2.05, 4.69) is 25.3 Å². The second kappa shape index (κ2) is 16.2. The first kappa shape index (κ1) is 34.3. The third kappa shape index (κ3) is 9.09. The zero-order valence-corrected chi connectivity index (χ0v) is 28.7. The summed E-state index contributed by atoms with van der Waals surface area (Å²) in [7, 11) is 0. The third-order valence-corrected chi connectivity index (χ3v) is 11.3. The molecule has 4 aromatic rings. The van der Waals surface area contributed by atoms with Crippen LogP contribution in [0.15, 0.2) is 12.7 Å². The van der Waals surface area contributed by atoms with Gasteiger partial charge in [-0.25, -0.2) is 19.9 Å². The number of nitrogens with zero attached hydrogens (tertiary/aromatic N) is 4. The molecule has 0 radical (unpaired) electrons. The number of fused-ring (bicyclic) bond motifs is 6. The summed E-state index contributed by atoms with van der Waals surface area (Å²) < 4.78 is 0. The Kier molecular flexibility index (Phi) is 12.4. The maximum absolute atomic E-state index is 9.82. The molecule has 45 heavy (non-hydrogen) atoms. The Bertz CT molecular complexity index is 1540.